The molecule has 6 heteroatoms. The standard InChI is InChI=1S/C26H23FN4O/c27-24-11-10-19(13-25-22-9-5-4-8-20(22)15-29-30-25)12-23(24)26(32)31-16-21(17-31)28-14-18-6-2-1-3-7-18/h1-12,15,21,28H,13-14,16-17H2. The fourth-order valence-electron chi connectivity index (χ4n) is 4.06. The molecule has 1 fully saturated rings. The number of aromatic nitrogens is 2. The number of benzene rings is 3. The van der Waals surface area contributed by atoms with E-state index in [-0.39, 0.29) is 17.5 Å². The van der Waals surface area contributed by atoms with Crippen molar-refractivity contribution in [3.63, 3.8) is 0 Å². The lowest BCUT2D eigenvalue weighted by Gasteiger charge is -2.40. The van der Waals surface area contributed by atoms with Crippen molar-refractivity contribution in [2.45, 2.75) is 19.0 Å². The SMILES string of the molecule is O=C(c1cc(Cc2nncc3ccccc23)ccc1F)N1CC(NCc2ccccc2)C1. The van der Waals surface area contributed by atoms with Gasteiger partial charge < -0.3 is 10.2 Å². The van der Waals surface area contributed by atoms with E-state index in [0.29, 0.717) is 19.5 Å². The molecule has 1 aliphatic rings. The van der Waals surface area contributed by atoms with E-state index in [1.807, 2.05) is 42.5 Å². The zero-order valence-electron chi connectivity index (χ0n) is 17.5. The summed E-state index contributed by atoms with van der Waals surface area (Å²) in [5.74, 6) is -0.769. The van der Waals surface area contributed by atoms with Crippen molar-refractivity contribution in [3.8, 4) is 0 Å². The minimum Gasteiger partial charge on any atom is -0.335 e. The summed E-state index contributed by atoms with van der Waals surface area (Å²) in [6, 6.07) is 23.0. The van der Waals surface area contributed by atoms with Gasteiger partial charge in [-0.05, 0) is 23.3 Å². The Kier molecular flexibility index (Phi) is 5.60. The van der Waals surface area contributed by atoms with E-state index in [4.69, 9.17) is 0 Å². The normalized spacial score (nSPS) is 13.8. The molecule has 1 aliphatic heterocycles. The summed E-state index contributed by atoms with van der Waals surface area (Å²) >= 11 is 0. The number of nitrogens with zero attached hydrogens (tertiary/aromatic N) is 3. The van der Waals surface area contributed by atoms with Crippen LogP contribution in [0.25, 0.3) is 10.8 Å². The van der Waals surface area contributed by atoms with E-state index >= 15 is 0 Å². The Morgan fingerprint density at radius 3 is 2.62 bits per heavy atom. The molecule has 32 heavy (non-hydrogen) atoms. The van der Waals surface area contributed by atoms with Crippen molar-refractivity contribution in [2.75, 3.05) is 13.1 Å². The summed E-state index contributed by atoms with van der Waals surface area (Å²) in [4.78, 5) is 14.6. The number of hydrogen-bond donors (Lipinski definition) is 1. The van der Waals surface area contributed by atoms with Crippen LogP contribution < -0.4 is 5.32 Å². The van der Waals surface area contributed by atoms with Gasteiger partial charge in [-0.15, -0.1) is 0 Å². The molecule has 5 nitrogen and oxygen atoms in total. The van der Waals surface area contributed by atoms with Gasteiger partial charge in [0, 0.05) is 42.9 Å². The first kappa shape index (κ1) is 20.3. The van der Waals surface area contributed by atoms with Crippen LogP contribution in [-0.4, -0.2) is 40.1 Å². The van der Waals surface area contributed by atoms with E-state index in [0.717, 1.165) is 28.6 Å². The first-order valence-corrected chi connectivity index (χ1v) is 10.7. The summed E-state index contributed by atoms with van der Waals surface area (Å²) < 4.78 is 14.5. The molecule has 1 saturated heterocycles. The summed E-state index contributed by atoms with van der Waals surface area (Å²) in [5.41, 5.74) is 2.95. The number of carbonyl (C=O) groups excluding carboxylic acids is 1. The largest absolute Gasteiger partial charge is 0.335 e. The fraction of sp³-hybridized carbons (Fsp3) is 0.192. The predicted molar refractivity (Wildman–Crippen MR) is 122 cm³/mol. The van der Waals surface area contributed by atoms with Gasteiger partial charge in [-0.2, -0.15) is 10.2 Å². The molecule has 2 heterocycles. The summed E-state index contributed by atoms with van der Waals surface area (Å²) in [5, 5.41) is 13.8. The quantitative estimate of drug-likeness (QED) is 0.507. The number of hydrogen-bond acceptors (Lipinski definition) is 4. The number of carbonyl (C=O) groups is 1. The molecule has 0 unspecified atom stereocenters. The van der Waals surface area contributed by atoms with Gasteiger partial charge in [0.1, 0.15) is 5.82 Å². The van der Waals surface area contributed by atoms with E-state index in [9.17, 15) is 9.18 Å². The first-order valence-electron chi connectivity index (χ1n) is 10.7. The lowest BCUT2D eigenvalue weighted by molar-refractivity contribution is 0.0561. The highest BCUT2D eigenvalue weighted by Crippen LogP contribution is 2.22. The van der Waals surface area contributed by atoms with E-state index in [1.54, 1.807) is 23.2 Å². The Bertz CT molecular complexity index is 1250. The van der Waals surface area contributed by atoms with Crippen LogP contribution in [0.4, 0.5) is 4.39 Å². The third kappa shape index (κ3) is 4.22. The second-order valence-corrected chi connectivity index (χ2v) is 8.14. The predicted octanol–water partition coefficient (Wildman–Crippen LogP) is 3.97. The Hall–Kier alpha value is -3.64. The van der Waals surface area contributed by atoms with Gasteiger partial charge in [-0.1, -0.05) is 60.7 Å². The van der Waals surface area contributed by atoms with Crippen molar-refractivity contribution >= 4 is 16.7 Å². The van der Waals surface area contributed by atoms with Gasteiger partial charge in [0.25, 0.3) is 5.91 Å². The van der Waals surface area contributed by atoms with Crippen LogP contribution in [0.1, 0.15) is 27.2 Å². The van der Waals surface area contributed by atoms with Gasteiger partial charge in [0.15, 0.2) is 0 Å². The van der Waals surface area contributed by atoms with Gasteiger partial charge in [0.05, 0.1) is 17.5 Å². The van der Waals surface area contributed by atoms with Crippen molar-refractivity contribution in [2.24, 2.45) is 0 Å². The molecule has 0 atom stereocenters. The van der Waals surface area contributed by atoms with E-state index in [2.05, 4.69) is 27.6 Å². The summed E-state index contributed by atoms with van der Waals surface area (Å²) in [6.45, 7) is 1.90. The Balaban J connectivity index is 1.25. The Morgan fingerprint density at radius 1 is 1.00 bits per heavy atom. The van der Waals surface area contributed by atoms with Gasteiger partial charge in [-0.3, -0.25) is 4.79 Å². The highest BCUT2D eigenvalue weighted by Gasteiger charge is 2.32. The first-order chi connectivity index (χ1) is 15.7. The van der Waals surface area contributed by atoms with Crippen LogP contribution in [-0.2, 0) is 13.0 Å². The third-order valence-electron chi connectivity index (χ3n) is 5.89. The average molecular weight is 426 g/mol. The molecule has 0 bridgehead atoms. The van der Waals surface area contributed by atoms with Gasteiger partial charge >= 0.3 is 0 Å². The van der Waals surface area contributed by atoms with Crippen LogP contribution in [0.2, 0.25) is 0 Å². The van der Waals surface area contributed by atoms with Crippen LogP contribution in [0.3, 0.4) is 0 Å². The van der Waals surface area contributed by atoms with Crippen molar-refractivity contribution in [1.29, 1.82) is 0 Å². The van der Waals surface area contributed by atoms with Crippen LogP contribution in [0.5, 0.6) is 0 Å². The molecular formula is C26H23FN4O. The zero-order valence-corrected chi connectivity index (χ0v) is 17.5. The zero-order chi connectivity index (χ0) is 21.9. The molecule has 160 valence electrons. The van der Waals surface area contributed by atoms with Crippen LogP contribution >= 0.6 is 0 Å². The van der Waals surface area contributed by atoms with Crippen molar-refractivity contribution < 1.29 is 9.18 Å². The monoisotopic (exact) mass is 426 g/mol. The maximum atomic E-state index is 14.5. The highest BCUT2D eigenvalue weighted by atomic mass is 19.1. The fourth-order valence-corrected chi connectivity index (χ4v) is 4.06. The molecule has 5 rings (SSSR count). The van der Waals surface area contributed by atoms with E-state index in [1.165, 1.54) is 11.6 Å². The maximum absolute atomic E-state index is 14.5. The number of likely N-dealkylation sites (tertiary alicyclic amines) is 1. The smallest absolute Gasteiger partial charge is 0.256 e. The minimum absolute atomic E-state index is 0.109. The van der Waals surface area contributed by atoms with Crippen LogP contribution in [0, 0.1) is 5.82 Å². The topological polar surface area (TPSA) is 58.1 Å². The summed E-state index contributed by atoms with van der Waals surface area (Å²) in [7, 11) is 0. The maximum Gasteiger partial charge on any atom is 0.256 e. The minimum atomic E-state index is -0.497. The molecule has 1 N–H and O–H groups in total. The lowest BCUT2D eigenvalue weighted by Crippen LogP contribution is -2.59. The number of fused-ring (bicyclic) bond motifs is 1. The Labute approximate surface area is 185 Å². The molecular weight excluding hydrogens is 403 g/mol. The van der Waals surface area contributed by atoms with Crippen molar-refractivity contribution in [3.05, 3.63) is 107 Å². The third-order valence-corrected chi connectivity index (χ3v) is 5.89. The van der Waals surface area contributed by atoms with Crippen molar-refractivity contribution in [1.82, 2.24) is 20.4 Å². The molecule has 0 saturated carbocycles. The summed E-state index contributed by atoms with van der Waals surface area (Å²) in [6.07, 6.45) is 2.21. The molecule has 0 aliphatic carbocycles. The molecule has 4 aromatic rings. The molecule has 1 aromatic heterocycles. The Morgan fingerprint density at radius 2 is 1.78 bits per heavy atom. The molecule has 3 aromatic carbocycles. The van der Waals surface area contributed by atoms with Gasteiger partial charge in [-0.25, -0.2) is 4.39 Å². The van der Waals surface area contributed by atoms with Gasteiger partial charge in [0.2, 0.25) is 0 Å². The average Bonchev–Trinajstić information content (AvgIpc) is 2.80. The molecule has 0 spiro atoms. The second kappa shape index (κ2) is 8.85. The number of halogens is 1. The highest BCUT2D eigenvalue weighted by molar-refractivity contribution is 5.95. The van der Waals surface area contributed by atoms with E-state index < -0.39 is 5.82 Å². The van der Waals surface area contributed by atoms with Crippen LogP contribution in [0.15, 0.2) is 79.0 Å². The number of amides is 1. The number of nitrogens with one attached hydrogen (secondary N) is 1. The number of rotatable bonds is 6. The second-order valence-electron chi connectivity index (χ2n) is 8.14. The lowest BCUT2D eigenvalue weighted by atomic mass is 10.0. The molecule has 0 radical (unpaired) electrons. The molecule has 1 amide bonds.